The Morgan fingerprint density at radius 1 is 1.38 bits per heavy atom. The van der Waals surface area contributed by atoms with Gasteiger partial charge in [0.25, 0.3) is 0 Å². The molecular formula is C9H11N3O3S. The Labute approximate surface area is 92.4 Å². The van der Waals surface area contributed by atoms with Crippen LogP contribution in [-0.2, 0) is 10.0 Å². The second-order valence-electron chi connectivity index (χ2n) is 3.25. The Hall–Kier alpha value is -1.60. The van der Waals surface area contributed by atoms with Crippen molar-refractivity contribution < 1.29 is 13.5 Å². The molecule has 1 aromatic heterocycles. The maximum absolute atomic E-state index is 11.3. The molecule has 0 amide bonds. The first-order valence-electron chi connectivity index (χ1n) is 4.67. The molecule has 16 heavy (non-hydrogen) atoms. The number of hydrogen-bond acceptors (Lipinski definition) is 4. The number of fused-ring (bicyclic) bond motifs is 1. The molecular weight excluding hydrogens is 230 g/mol. The van der Waals surface area contributed by atoms with Crippen LogP contribution in [0.3, 0.4) is 0 Å². The molecule has 0 bridgehead atoms. The zero-order valence-corrected chi connectivity index (χ0v) is 9.16. The molecule has 0 unspecified atom stereocenters. The Kier molecular flexibility index (Phi) is 2.80. The van der Waals surface area contributed by atoms with Gasteiger partial charge in [0.1, 0.15) is 0 Å². The first-order valence-corrected chi connectivity index (χ1v) is 6.32. The molecule has 0 fully saturated rings. The smallest absolute Gasteiger partial charge is 0.237 e. The van der Waals surface area contributed by atoms with Crippen molar-refractivity contribution in [1.29, 1.82) is 0 Å². The predicted octanol–water partition coefficient (Wildman–Crippen LogP) is 0.297. The van der Waals surface area contributed by atoms with Gasteiger partial charge >= 0.3 is 0 Å². The second-order valence-corrected chi connectivity index (χ2v) is 5.09. The fourth-order valence-electron chi connectivity index (χ4n) is 1.32. The number of sulfonamides is 1. The summed E-state index contributed by atoms with van der Waals surface area (Å²) in [6.45, 7) is -0.421. The van der Waals surface area contributed by atoms with E-state index >= 15 is 0 Å². The summed E-state index contributed by atoms with van der Waals surface area (Å²) < 4.78 is 24.9. The zero-order valence-electron chi connectivity index (χ0n) is 8.34. The van der Waals surface area contributed by atoms with Crippen LogP contribution >= 0.6 is 0 Å². The van der Waals surface area contributed by atoms with Crippen molar-refractivity contribution in [2.45, 2.75) is 0 Å². The number of rotatable bonds is 4. The van der Waals surface area contributed by atoms with Gasteiger partial charge in [-0.1, -0.05) is 12.1 Å². The maximum atomic E-state index is 11.3. The topological polar surface area (TPSA) is 95.1 Å². The van der Waals surface area contributed by atoms with Crippen molar-refractivity contribution in [3.8, 4) is 0 Å². The lowest BCUT2D eigenvalue weighted by Gasteiger charge is -2.01. The largest absolute Gasteiger partial charge is 0.395 e. The molecule has 0 radical (unpaired) electrons. The molecule has 1 aromatic carbocycles. The maximum Gasteiger partial charge on any atom is 0.237 e. The average Bonchev–Trinajstić information content (AvgIpc) is 2.58. The van der Waals surface area contributed by atoms with E-state index in [1.54, 1.807) is 12.1 Å². The number of aromatic amines is 1. The molecule has 0 aliphatic heterocycles. The molecule has 1 heterocycles. The number of imidazole rings is 1. The first kappa shape index (κ1) is 10.9. The number of aliphatic hydroxyl groups is 1. The molecule has 7 heteroatoms. The lowest BCUT2D eigenvalue weighted by atomic mass is 10.3. The van der Waals surface area contributed by atoms with E-state index in [0.29, 0.717) is 5.52 Å². The number of hydrogen-bond donors (Lipinski definition) is 3. The van der Waals surface area contributed by atoms with Crippen molar-refractivity contribution in [1.82, 2.24) is 9.97 Å². The van der Waals surface area contributed by atoms with Crippen LogP contribution in [0.5, 0.6) is 0 Å². The van der Waals surface area contributed by atoms with E-state index in [0.717, 1.165) is 5.52 Å². The highest BCUT2D eigenvalue weighted by atomic mass is 32.2. The molecule has 0 spiro atoms. The van der Waals surface area contributed by atoms with E-state index < -0.39 is 16.6 Å². The monoisotopic (exact) mass is 241 g/mol. The SMILES string of the molecule is O=S(=O)(CCO)Nc1nc2ccccc2[nH]1. The third kappa shape index (κ3) is 2.31. The molecule has 0 saturated carbocycles. The number of nitrogens with one attached hydrogen (secondary N) is 2. The first-order chi connectivity index (χ1) is 7.61. The summed E-state index contributed by atoms with van der Waals surface area (Å²) in [5.41, 5.74) is 1.44. The number of anilines is 1. The van der Waals surface area contributed by atoms with Gasteiger partial charge in [-0.25, -0.2) is 13.4 Å². The third-order valence-electron chi connectivity index (χ3n) is 2.00. The number of H-pyrrole nitrogens is 1. The number of para-hydroxylation sites is 2. The number of aromatic nitrogens is 2. The van der Waals surface area contributed by atoms with Crippen LogP contribution in [0, 0.1) is 0 Å². The van der Waals surface area contributed by atoms with Gasteiger partial charge in [0, 0.05) is 0 Å². The van der Waals surface area contributed by atoms with E-state index in [2.05, 4.69) is 14.7 Å². The van der Waals surface area contributed by atoms with Crippen LogP contribution in [0.4, 0.5) is 5.95 Å². The zero-order chi connectivity index (χ0) is 11.6. The van der Waals surface area contributed by atoms with Crippen molar-refractivity contribution in [3.63, 3.8) is 0 Å². The number of benzene rings is 1. The fourth-order valence-corrected chi connectivity index (χ4v) is 2.05. The minimum Gasteiger partial charge on any atom is -0.395 e. The second kappa shape index (κ2) is 4.11. The van der Waals surface area contributed by atoms with Crippen molar-refractivity contribution >= 4 is 27.0 Å². The lowest BCUT2D eigenvalue weighted by molar-refractivity contribution is 0.320. The van der Waals surface area contributed by atoms with Gasteiger partial charge < -0.3 is 10.1 Å². The standard InChI is InChI=1S/C9H11N3O3S/c13-5-6-16(14,15)12-9-10-7-3-1-2-4-8(7)11-9/h1-4,13H,5-6H2,(H2,10,11,12). The third-order valence-corrected chi connectivity index (χ3v) is 3.23. The summed E-state index contributed by atoms with van der Waals surface area (Å²) in [5, 5.41) is 8.57. The van der Waals surface area contributed by atoms with Crippen LogP contribution in [0.1, 0.15) is 0 Å². The van der Waals surface area contributed by atoms with Gasteiger partial charge in [-0.15, -0.1) is 0 Å². The van der Waals surface area contributed by atoms with Crippen LogP contribution in [0.15, 0.2) is 24.3 Å². The van der Waals surface area contributed by atoms with Gasteiger partial charge in [0.15, 0.2) is 0 Å². The highest BCUT2D eigenvalue weighted by Gasteiger charge is 2.11. The minimum absolute atomic E-state index is 0.162. The Morgan fingerprint density at radius 2 is 2.12 bits per heavy atom. The van der Waals surface area contributed by atoms with E-state index in [1.165, 1.54) is 0 Å². The minimum atomic E-state index is -3.53. The van der Waals surface area contributed by atoms with Crippen molar-refractivity contribution in [2.75, 3.05) is 17.1 Å². The Balaban J connectivity index is 2.28. The van der Waals surface area contributed by atoms with Crippen LogP contribution in [0.2, 0.25) is 0 Å². The molecule has 0 aliphatic carbocycles. The normalized spacial score (nSPS) is 11.8. The summed E-state index contributed by atoms with van der Waals surface area (Å²) in [5.74, 6) is -0.181. The van der Waals surface area contributed by atoms with Gasteiger partial charge in [-0.2, -0.15) is 0 Å². The molecule has 0 aliphatic rings. The summed E-state index contributed by atoms with van der Waals surface area (Å²) in [6.07, 6.45) is 0. The van der Waals surface area contributed by atoms with Gasteiger partial charge in [-0.3, -0.25) is 4.72 Å². The molecule has 3 N–H and O–H groups in total. The van der Waals surface area contributed by atoms with Crippen LogP contribution < -0.4 is 4.72 Å². The van der Waals surface area contributed by atoms with E-state index in [1.807, 2.05) is 12.1 Å². The van der Waals surface area contributed by atoms with E-state index in [4.69, 9.17) is 5.11 Å². The fraction of sp³-hybridized carbons (Fsp3) is 0.222. The van der Waals surface area contributed by atoms with Gasteiger partial charge in [0.2, 0.25) is 16.0 Å². The summed E-state index contributed by atoms with van der Waals surface area (Å²) in [6, 6.07) is 7.21. The number of aliphatic hydroxyl groups excluding tert-OH is 1. The Morgan fingerprint density at radius 3 is 2.81 bits per heavy atom. The van der Waals surface area contributed by atoms with Gasteiger partial charge in [0.05, 0.1) is 23.4 Å². The van der Waals surface area contributed by atoms with Gasteiger partial charge in [-0.05, 0) is 12.1 Å². The molecule has 0 atom stereocenters. The average molecular weight is 241 g/mol. The van der Waals surface area contributed by atoms with Crippen molar-refractivity contribution in [3.05, 3.63) is 24.3 Å². The highest BCUT2D eigenvalue weighted by Crippen LogP contribution is 2.14. The molecule has 0 saturated heterocycles. The molecule has 2 rings (SSSR count). The summed E-state index contributed by atoms with van der Waals surface area (Å²) in [4.78, 5) is 6.88. The van der Waals surface area contributed by atoms with Crippen LogP contribution in [-0.4, -0.2) is 35.9 Å². The van der Waals surface area contributed by atoms with E-state index in [-0.39, 0.29) is 11.7 Å². The summed E-state index contributed by atoms with van der Waals surface area (Å²) >= 11 is 0. The van der Waals surface area contributed by atoms with Crippen molar-refractivity contribution in [2.24, 2.45) is 0 Å². The molecule has 86 valence electrons. The van der Waals surface area contributed by atoms with E-state index in [9.17, 15) is 8.42 Å². The predicted molar refractivity (Wildman–Crippen MR) is 60.6 cm³/mol. The molecule has 6 nitrogen and oxygen atoms in total. The quantitative estimate of drug-likeness (QED) is 0.717. The molecule has 2 aromatic rings. The number of nitrogens with zero attached hydrogens (tertiary/aromatic N) is 1. The van der Waals surface area contributed by atoms with Crippen LogP contribution in [0.25, 0.3) is 11.0 Å². The lowest BCUT2D eigenvalue weighted by Crippen LogP contribution is -2.19. The highest BCUT2D eigenvalue weighted by molar-refractivity contribution is 7.92. The Bertz CT molecular complexity index is 558. The summed E-state index contributed by atoms with van der Waals surface area (Å²) in [7, 11) is -3.53.